The van der Waals surface area contributed by atoms with Crippen LogP contribution >= 0.6 is 0 Å². The molecule has 1 nitrogen and oxygen atoms in total. The Morgan fingerprint density at radius 3 is 2.64 bits per heavy atom. The van der Waals surface area contributed by atoms with Gasteiger partial charge in [0.15, 0.2) is 0 Å². The van der Waals surface area contributed by atoms with Gasteiger partial charge in [-0.15, -0.1) is 0 Å². The lowest BCUT2D eigenvalue weighted by atomic mass is 10.00. The topological polar surface area (TPSA) is 4.93 Å². The molecule has 0 fully saturated rings. The SMILES string of the molecule is CCc1ccn(C)c1CC[C@H](C)CC. The van der Waals surface area contributed by atoms with Crippen LogP contribution in [0.2, 0.25) is 0 Å². The highest BCUT2D eigenvalue weighted by molar-refractivity contribution is 5.22. The Morgan fingerprint density at radius 1 is 1.36 bits per heavy atom. The average Bonchev–Trinajstić information content (AvgIpc) is 2.55. The summed E-state index contributed by atoms with van der Waals surface area (Å²) in [6, 6.07) is 2.26. The maximum atomic E-state index is 2.34. The number of aromatic nitrogens is 1. The van der Waals surface area contributed by atoms with Gasteiger partial charge in [-0.1, -0.05) is 27.2 Å². The molecule has 0 saturated heterocycles. The van der Waals surface area contributed by atoms with Crippen molar-refractivity contribution in [2.45, 2.75) is 46.5 Å². The Bertz CT molecular complexity index is 273. The van der Waals surface area contributed by atoms with Gasteiger partial charge >= 0.3 is 0 Å². The summed E-state index contributed by atoms with van der Waals surface area (Å²) in [6.45, 7) is 6.85. The summed E-state index contributed by atoms with van der Waals surface area (Å²) >= 11 is 0. The molecule has 1 rings (SSSR count). The van der Waals surface area contributed by atoms with Gasteiger partial charge in [0.25, 0.3) is 0 Å². The molecule has 0 unspecified atom stereocenters. The van der Waals surface area contributed by atoms with Gasteiger partial charge in [0.1, 0.15) is 0 Å². The van der Waals surface area contributed by atoms with Crippen LogP contribution in [-0.2, 0) is 19.9 Å². The quantitative estimate of drug-likeness (QED) is 0.673. The van der Waals surface area contributed by atoms with Gasteiger partial charge in [0.2, 0.25) is 0 Å². The van der Waals surface area contributed by atoms with E-state index < -0.39 is 0 Å². The molecule has 1 heteroatoms. The number of nitrogens with zero attached hydrogens (tertiary/aromatic N) is 1. The van der Waals surface area contributed by atoms with Crippen LogP contribution in [0.25, 0.3) is 0 Å². The normalized spacial score (nSPS) is 13.1. The van der Waals surface area contributed by atoms with Gasteiger partial charge < -0.3 is 4.57 Å². The molecule has 1 aromatic heterocycles. The number of hydrogen-bond donors (Lipinski definition) is 0. The smallest absolute Gasteiger partial charge is 0.0203 e. The van der Waals surface area contributed by atoms with E-state index in [0.29, 0.717) is 0 Å². The van der Waals surface area contributed by atoms with Crippen molar-refractivity contribution in [3.05, 3.63) is 23.5 Å². The Balaban J connectivity index is 2.60. The Labute approximate surface area is 88.1 Å². The molecule has 1 atom stereocenters. The van der Waals surface area contributed by atoms with Crippen LogP contribution in [0.4, 0.5) is 0 Å². The van der Waals surface area contributed by atoms with E-state index in [1.165, 1.54) is 30.5 Å². The molecule has 1 aromatic rings. The van der Waals surface area contributed by atoms with Crippen LogP contribution in [0.3, 0.4) is 0 Å². The number of aryl methyl sites for hydroxylation is 2. The molecule has 80 valence electrons. The fourth-order valence-corrected chi connectivity index (χ4v) is 1.86. The lowest BCUT2D eigenvalue weighted by molar-refractivity contribution is 0.508. The molecule has 0 aliphatic rings. The van der Waals surface area contributed by atoms with Crippen LogP contribution in [-0.4, -0.2) is 4.57 Å². The first-order valence-corrected chi connectivity index (χ1v) is 5.82. The van der Waals surface area contributed by atoms with Crippen molar-refractivity contribution >= 4 is 0 Å². The third-order valence-corrected chi connectivity index (χ3v) is 3.25. The molecular weight excluding hydrogens is 170 g/mol. The van der Waals surface area contributed by atoms with E-state index in [-0.39, 0.29) is 0 Å². The zero-order chi connectivity index (χ0) is 10.6. The molecule has 0 bridgehead atoms. The summed E-state index contributed by atoms with van der Waals surface area (Å²) in [5.74, 6) is 0.856. The monoisotopic (exact) mass is 193 g/mol. The summed E-state index contributed by atoms with van der Waals surface area (Å²) in [5.41, 5.74) is 3.06. The second-order valence-electron chi connectivity index (χ2n) is 4.30. The van der Waals surface area contributed by atoms with Crippen molar-refractivity contribution in [1.29, 1.82) is 0 Å². The minimum absolute atomic E-state index is 0.856. The predicted octanol–water partition coefficient (Wildman–Crippen LogP) is 3.57. The molecular formula is C13H23N. The highest BCUT2D eigenvalue weighted by atomic mass is 14.9. The Hall–Kier alpha value is -0.720. The van der Waals surface area contributed by atoms with Gasteiger partial charge in [-0.25, -0.2) is 0 Å². The minimum Gasteiger partial charge on any atom is -0.354 e. The first kappa shape index (κ1) is 11.4. The molecule has 0 saturated carbocycles. The highest BCUT2D eigenvalue weighted by Gasteiger charge is 2.06. The van der Waals surface area contributed by atoms with Crippen LogP contribution in [0.5, 0.6) is 0 Å². The van der Waals surface area contributed by atoms with E-state index >= 15 is 0 Å². The fourth-order valence-electron chi connectivity index (χ4n) is 1.86. The lowest BCUT2D eigenvalue weighted by Gasteiger charge is -2.10. The molecule has 14 heavy (non-hydrogen) atoms. The Morgan fingerprint density at radius 2 is 2.07 bits per heavy atom. The average molecular weight is 193 g/mol. The molecule has 0 aromatic carbocycles. The fraction of sp³-hybridized carbons (Fsp3) is 0.692. The molecule has 0 radical (unpaired) electrons. The maximum Gasteiger partial charge on any atom is 0.0203 e. The number of hydrogen-bond acceptors (Lipinski definition) is 0. The summed E-state index contributed by atoms with van der Waals surface area (Å²) < 4.78 is 2.28. The largest absolute Gasteiger partial charge is 0.354 e. The van der Waals surface area contributed by atoms with Crippen LogP contribution < -0.4 is 0 Å². The van der Waals surface area contributed by atoms with E-state index in [1.807, 2.05) is 0 Å². The van der Waals surface area contributed by atoms with Gasteiger partial charge in [0, 0.05) is 18.9 Å². The summed E-state index contributed by atoms with van der Waals surface area (Å²) in [7, 11) is 2.16. The highest BCUT2D eigenvalue weighted by Crippen LogP contribution is 2.16. The van der Waals surface area contributed by atoms with Crippen LogP contribution in [0.15, 0.2) is 12.3 Å². The summed E-state index contributed by atoms with van der Waals surface area (Å²) in [5, 5.41) is 0. The zero-order valence-corrected chi connectivity index (χ0v) is 10.0. The standard InChI is InChI=1S/C13H23N/c1-5-11(3)7-8-13-12(6-2)9-10-14(13)4/h9-11H,5-8H2,1-4H3/t11-/m1/s1. The van der Waals surface area contributed by atoms with Crippen molar-refractivity contribution in [1.82, 2.24) is 4.57 Å². The third-order valence-electron chi connectivity index (χ3n) is 3.25. The molecule has 1 heterocycles. The number of rotatable bonds is 5. The Kier molecular flexibility index (Phi) is 4.24. The second-order valence-corrected chi connectivity index (χ2v) is 4.30. The van der Waals surface area contributed by atoms with Crippen molar-refractivity contribution in [3.63, 3.8) is 0 Å². The van der Waals surface area contributed by atoms with Gasteiger partial charge in [0.05, 0.1) is 0 Å². The molecule has 0 N–H and O–H groups in total. The second kappa shape index (κ2) is 5.23. The summed E-state index contributed by atoms with van der Waals surface area (Å²) in [6.07, 6.45) is 7.20. The molecule has 0 amide bonds. The minimum atomic E-state index is 0.856. The molecule has 0 aliphatic heterocycles. The van der Waals surface area contributed by atoms with Crippen molar-refractivity contribution in [2.75, 3.05) is 0 Å². The predicted molar refractivity (Wildman–Crippen MR) is 62.6 cm³/mol. The van der Waals surface area contributed by atoms with Gasteiger partial charge in [-0.05, 0) is 36.8 Å². The van der Waals surface area contributed by atoms with E-state index in [2.05, 4.69) is 44.6 Å². The van der Waals surface area contributed by atoms with Crippen molar-refractivity contribution < 1.29 is 0 Å². The molecule has 0 aliphatic carbocycles. The summed E-state index contributed by atoms with van der Waals surface area (Å²) in [4.78, 5) is 0. The van der Waals surface area contributed by atoms with Crippen LogP contribution in [0.1, 0.15) is 44.9 Å². The zero-order valence-electron chi connectivity index (χ0n) is 10.0. The van der Waals surface area contributed by atoms with Crippen LogP contribution in [0, 0.1) is 5.92 Å². The maximum absolute atomic E-state index is 2.34. The third kappa shape index (κ3) is 2.63. The first-order chi connectivity index (χ1) is 6.69. The van der Waals surface area contributed by atoms with E-state index in [1.54, 1.807) is 0 Å². The first-order valence-electron chi connectivity index (χ1n) is 5.82. The van der Waals surface area contributed by atoms with E-state index in [4.69, 9.17) is 0 Å². The van der Waals surface area contributed by atoms with Gasteiger partial charge in [-0.3, -0.25) is 0 Å². The van der Waals surface area contributed by atoms with E-state index in [9.17, 15) is 0 Å². The van der Waals surface area contributed by atoms with E-state index in [0.717, 1.165) is 12.3 Å². The van der Waals surface area contributed by atoms with Crippen molar-refractivity contribution in [2.24, 2.45) is 13.0 Å². The molecule has 0 spiro atoms. The van der Waals surface area contributed by atoms with Crippen molar-refractivity contribution in [3.8, 4) is 0 Å². The van der Waals surface area contributed by atoms with Gasteiger partial charge in [-0.2, -0.15) is 0 Å². The lowest BCUT2D eigenvalue weighted by Crippen LogP contribution is -2.02.